The fraction of sp³-hybridized carbons (Fsp3) is 0.375. The Kier molecular flexibility index (Phi) is 5.07. The summed E-state index contributed by atoms with van der Waals surface area (Å²) in [7, 11) is 1.82. The monoisotopic (exact) mass is 271 g/mol. The van der Waals surface area contributed by atoms with Crippen LogP contribution in [0.2, 0.25) is 0 Å². The maximum Gasteiger partial charge on any atom is 0.149 e. The molecule has 106 valence electrons. The molecule has 0 saturated heterocycles. The summed E-state index contributed by atoms with van der Waals surface area (Å²) in [5.74, 6) is 0.227. The van der Waals surface area contributed by atoms with E-state index in [-0.39, 0.29) is 11.8 Å². The Morgan fingerprint density at radius 1 is 1.35 bits per heavy atom. The van der Waals surface area contributed by atoms with Gasteiger partial charge in [0, 0.05) is 25.6 Å². The van der Waals surface area contributed by atoms with E-state index in [0.717, 1.165) is 12.2 Å². The number of carbonyl (C=O) groups excluding carboxylic acids is 1. The van der Waals surface area contributed by atoms with Crippen molar-refractivity contribution in [3.8, 4) is 0 Å². The zero-order valence-electron chi connectivity index (χ0n) is 12.0. The summed E-state index contributed by atoms with van der Waals surface area (Å²) in [5, 5.41) is 3.06. The van der Waals surface area contributed by atoms with Crippen molar-refractivity contribution >= 4 is 5.78 Å². The molecule has 1 aromatic carbocycles. The van der Waals surface area contributed by atoms with Crippen molar-refractivity contribution in [3.63, 3.8) is 0 Å². The molecule has 0 fully saturated rings. The number of hydrogen-bond acceptors (Lipinski definition) is 3. The normalized spacial score (nSPS) is 12.3. The van der Waals surface area contributed by atoms with Gasteiger partial charge >= 0.3 is 0 Å². The molecule has 2 rings (SSSR count). The van der Waals surface area contributed by atoms with Gasteiger partial charge in [-0.05, 0) is 12.6 Å². The van der Waals surface area contributed by atoms with Crippen LogP contribution in [0.3, 0.4) is 0 Å². The number of benzene rings is 1. The molecule has 1 N–H and O–H groups in total. The zero-order chi connectivity index (χ0) is 14.4. The number of imidazole rings is 1. The third kappa shape index (κ3) is 3.78. The lowest BCUT2D eigenvalue weighted by atomic mass is 10.1. The topological polar surface area (TPSA) is 46.9 Å². The molecule has 0 bridgehead atoms. The van der Waals surface area contributed by atoms with Crippen LogP contribution in [0.4, 0.5) is 0 Å². The molecule has 20 heavy (non-hydrogen) atoms. The van der Waals surface area contributed by atoms with E-state index in [1.54, 1.807) is 0 Å². The molecule has 0 spiro atoms. The van der Waals surface area contributed by atoms with Crippen molar-refractivity contribution in [3.05, 3.63) is 54.1 Å². The Bertz CT molecular complexity index is 548. The lowest BCUT2D eigenvalue weighted by molar-refractivity contribution is -0.120. The summed E-state index contributed by atoms with van der Waals surface area (Å²) in [6.45, 7) is 2.69. The molecule has 0 aliphatic heterocycles. The van der Waals surface area contributed by atoms with Gasteiger partial charge in [0.25, 0.3) is 0 Å². The van der Waals surface area contributed by atoms with E-state index in [4.69, 9.17) is 0 Å². The number of nitrogens with zero attached hydrogens (tertiary/aromatic N) is 2. The van der Waals surface area contributed by atoms with Crippen molar-refractivity contribution in [1.29, 1.82) is 0 Å². The number of hydrogen-bond donors (Lipinski definition) is 1. The van der Waals surface area contributed by atoms with E-state index in [1.165, 1.54) is 5.56 Å². The lowest BCUT2D eigenvalue weighted by Gasteiger charge is -2.12. The average Bonchev–Trinajstić information content (AvgIpc) is 2.92. The van der Waals surface area contributed by atoms with Crippen molar-refractivity contribution < 1.29 is 4.79 Å². The maximum atomic E-state index is 11.7. The standard InChI is InChI=1S/C16H21N3O/c1-3-16(20)15(17-2)9-14-11-19(12-18-14)10-13-7-5-4-6-8-13/h4-8,11-12,15,17H,3,9-10H2,1-2H3. The number of Topliss-reactive ketones (excluding diaryl/α,β-unsaturated/α-hetero) is 1. The van der Waals surface area contributed by atoms with Crippen LogP contribution < -0.4 is 5.32 Å². The van der Waals surface area contributed by atoms with Gasteiger partial charge in [-0.3, -0.25) is 4.79 Å². The van der Waals surface area contributed by atoms with Crippen LogP contribution in [0.25, 0.3) is 0 Å². The molecule has 1 heterocycles. The van der Waals surface area contributed by atoms with Crippen LogP contribution >= 0.6 is 0 Å². The number of rotatable bonds is 7. The first-order valence-electron chi connectivity index (χ1n) is 6.97. The molecular formula is C16H21N3O. The molecule has 0 aliphatic carbocycles. The van der Waals surface area contributed by atoms with E-state index >= 15 is 0 Å². The van der Waals surface area contributed by atoms with Crippen LogP contribution in [0, 0.1) is 0 Å². The molecule has 4 nitrogen and oxygen atoms in total. The second-order valence-corrected chi connectivity index (χ2v) is 4.89. The van der Waals surface area contributed by atoms with Crippen molar-refractivity contribution in [2.24, 2.45) is 0 Å². The fourth-order valence-electron chi connectivity index (χ4n) is 2.22. The predicted octanol–water partition coefficient (Wildman–Crippen LogP) is 2.04. The molecular weight excluding hydrogens is 250 g/mol. The molecule has 0 amide bonds. The fourth-order valence-corrected chi connectivity index (χ4v) is 2.22. The summed E-state index contributed by atoms with van der Waals surface area (Å²) in [6.07, 6.45) is 5.03. The van der Waals surface area contributed by atoms with Crippen molar-refractivity contribution in [1.82, 2.24) is 14.9 Å². The van der Waals surface area contributed by atoms with Crippen LogP contribution in [0.1, 0.15) is 24.6 Å². The van der Waals surface area contributed by atoms with E-state index in [0.29, 0.717) is 12.8 Å². The van der Waals surface area contributed by atoms with E-state index in [9.17, 15) is 4.79 Å². The summed E-state index contributed by atoms with van der Waals surface area (Å²) in [5.41, 5.74) is 2.19. The Labute approximate surface area is 119 Å². The first kappa shape index (κ1) is 14.5. The summed E-state index contributed by atoms with van der Waals surface area (Å²) < 4.78 is 2.05. The summed E-state index contributed by atoms with van der Waals surface area (Å²) in [6, 6.07) is 10.1. The minimum absolute atomic E-state index is 0.139. The SMILES string of the molecule is CCC(=O)C(Cc1cn(Cc2ccccc2)cn1)NC. The van der Waals surface area contributed by atoms with Crippen molar-refractivity contribution in [2.75, 3.05) is 7.05 Å². The third-order valence-corrected chi connectivity index (χ3v) is 3.39. The molecule has 1 aromatic heterocycles. The van der Waals surface area contributed by atoms with Gasteiger partial charge < -0.3 is 9.88 Å². The molecule has 4 heteroatoms. The van der Waals surface area contributed by atoms with Gasteiger partial charge in [-0.2, -0.15) is 0 Å². The number of aromatic nitrogens is 2. The van der Waals surface area contributed by atoms with Gasteiger partial charge in [0.05, 0.1) is 18.1 Å². The van der Waals surface area contributed by atoms with Gasteiger partial charge in [0.1, 0.15) is 5.78 Å². The van der Waals surface area contributed by atoms with Gasteiger partial charge in [-0.25, -0.2) is 4.98 Å². The second kappa shape index (κ2) is 7.01. The smallest absolute Gasteiger partial charge is 0.149 e. The Balaban J connectivity index is 2.00. The number of ketones is 1. The minimum Gasteiger partial charge on any atom is -0.333 e. The zero-order valence-corrected chi connectivity index (χ0v) is 12.0. The lowest BCUT2D eigenvalue weighted by Crippen LogP contribution is -2.35. The highest BCUT2D eigenvalue weighted by molar-refractivity contribution is 5.83. The van der Waals surface area contributed by atoms with E-state index < -0.39 is 0 Å². The highest BCUT2D eigenvalue weighted by Crippen LogP contribution is 2.06. The molecule has 1 unspecified atom stereocenters. The molecule has 0 aliphatic rings. The second-order valence-electron chi connectivity index (χ2n) is 4.89. The van der Waals surface area contributed by atoms with Crippen molar-refractivity contribution in [2.45, 2.75) is 32.4 Å². The molecule has 2 aromatic rings. The molecule has 0 saturated carbocycles. The quantitative estimate of drug-likeness (QED) is 0.838. The number of nitrogens with one attached hydrogen (secondary N) is 1. The Hall–Kier alpha value is -1.94. The van der Waals surface area contributed by atoms with Crippen LogP contribution in [0.5, 0.6) is 0 Å². The largest absolute Gasteiger partial charge is 0.333 e. The molecule has 0 radical (unpaired) electrons. The molecule has 1 atom stereocenters. The highest BCUT2D eigenvalue weighted by Gasteiger charge is 2.16. The van der Waals surface area contributed by atoms with Crippen LogP contribution in [-0.2, 0) is 17.8 Å². The number of likely N-dealkylation sites (N-methyl/N-ethyl adjacent to an activating group) is 1. The first-order valence-corrected chi connectivity index (χ1v) is 6.97. The van der Waals surface area contributed by atoms with Gasteiger partial charge in [0.15, 0.2) is 0 Å². The predicted molar refractivity (Wildman–Crippen MR) is 79.6 cm³/mol. The minimum atomic E-state index is -0.139. The van der Waals surface area contributed by atoms with Gasteiger partial charge in [0.2, 0.25) is 0 Å². The van der Waals surface area contributed by atoms with Crippen LogP contribution in [-0.4, -0.2) is 28.4 Å². The Morgan fingerprint density at radius 2 is 2.10 bits per heavy atom. The third-order valence-electron chi connectivity index (χ3n) is 3.39. The van der Waals surface area contributed by atoms with Gasteiger partial charge in [-0.1, -0.05) is 37.3 Å². The summed E-state index contributed by atoms with van der Waals surface area (Å²) in [4.78, 5) is 16.1. The van der Waals surface area contributed by atoms with E-state index in [1.807, 2.05) is 49.3 Å². The summed E-state index contributed by atoms with van der Waals surface area (Å²) >= 11 is 0. The highest BCUT2D eigenvalue weighted by atomic mass is 16.1. The first-order chi connectivity index (χ1) is 9.72. The van der Waals surface area contributed by atoms with Gasteiger partial charge in [-0.15, -0.1) is 0 Å². The average molecular weight is 271 g/mol. The number of carbonyl (C=O) groups is 1. The van der Waals surface area contributed by atoms with Crippen LogP contribution in [0.15, 0.2) is 42.9 Å². The Morgan fingerprint density at radius 3 is 2.75 bits per heavy atom. The maximum absolute atomic E-state index is 11.7. The van der Waals surface area contributed by atoms with E-state index in [2.05, 4.69) is 22.4 Å².